The molecule has 3 heterocycles. The second kappa shape index (κ2) is 8.57. The molecular weight excluding hydrogens is 384 g/mol. The zero-order valence-electron chi connectivity index (χ0n) is 16.6. The second-order valence-electron chi connectivity index (χ2n) is 7.54. The zero-order valence-corrected chi connectivity index (χ0v) is 17.4. The van der Waals surface area contributed by atoms with Crippen molar-refractivity contribution in [2.75, 3.05) is 26.7 Å². The molecule has 0 radical (unpaired) electrons. The molecule has 0 spiro atoms. The van der Waals surface area contributed by atoms with Gasteiger partial charge in [0.05, 0.1) is 5.52 Å². The quantitative estimate of drug-likeness (QED) is 0.625. The lowest BCUT2D eigenvalue weighted by molar-refractivity contribution is 0.164. The van der Waals surface area contributed by atoms with E-state index in [2.05, 4.69) is 21.9 Å². The van der Waals surface area contributed by atoms with Crippen molar-refractivity contribution in [2.45, 2.75) is 30.2 Å². The van der Waals surface area contributed by atoms with Gasteiger partial charge in [-0.3, -0.25) is 9.97 Å². The van der Waals surface area contributed by atoms with Gasteiger partial charge in [0.15, 0.2) is 0 Å². The number of sulfonamides is 1. The molecular formula is C22H26N4O2S. The molecule has 1 aliphatic rings. The number of likely N-dealkylation sites (N-methyl/N-ethyl adjacent to an activating group) is 1. The van der Waals surface area contributed by atoms with Crippen LogP contribution < -0.4 is 0 Å². The highest BCUT2D eigenvalue weighted by molar-refractivity contribution is 7.89. The van der Waals surface area contributed by atoms with E-state index in [-0.39, 0.29) is 6.04 Å². The Labute approximate surface area is 172 Å². The fraction of sp³-hybridized carbons (Fsp3) is 0.364. The van der Waals surface area contributed by atoms with Crippen LogP contribution in [0.2, 0.25) is 0 Å². The van der Waals surface area contributed by atoms with Crippen molar-refractivity contribution >= 4 is 20.9 Å². The van der Waals surface area contributed by atoms with Crippen molar-refractivity contribution in [3.8, 4) is 0 Å². The molecule has 29 heavy (non-hydrogen) atoms. The van der Waals surface area contributed by atoms with Crippen molar-refractivity contribution in [3.63, 3.8) is 0 Å². The molecule has 1 saturated heterocycles. The van der Waals surface area contributed by atoms with Gasteiger partial charge in [-0.25, -0.2) is 8.42 Å². The third kappa shape index (κ3) is 4.32. The molecule has 0 saturated carbocycles. The fourth-order valence-corrected chi connectivity index (χ4v) is 5.62. The monoisotopic (exact) mass is 410 g/mol. The summed E-state index contributed by atoms with van der Waals surface area (Å²) < 4.78 is 28.4. The minimum absolute atomic E-state index is 0.199. The molecule has 6 nitrogen and oxygen atoms in total. The summed E-state index contributed by atoms with van der Waals surface area (Å²) in [6.45, 7) is 1.91. The lowest BCUT2D eigenvalue weighted by atomic mass is 10.1. The molecule has 0 aliphatic carbocycles. The van der Waals surface area contributed by atoms with Crippen molar-refractivity contribution in [1.82, 2.24) is 19.2 Å². The van der Waals surface area contributed by atoms with Crippen LogP contribution in [0.4, 0.5) is 0 Å². The average Bonchev–Trinajstić information content (AvgIpc) is 2.78. The number of nitrogens with zero attached hydrogens (tertiary/aromatic N) is 4. The first-order valence-corrected chi connectivity index (χ1v) is 11.4. The smallest absolute Gasteiger partial charge is 0.245 e. The van der Waals surface area contributed by atoms with Gasteiger partial charge in [0.2, 0.25) is 10.0 Å². The van der Waals surface area contributed by atoms with E-state index in [4.69, 9.17) is 0 Å². The third-order valence-electron chi connectivity index (χ3n) is 5.64. The summed E-state index contributed by atoms with van der Waals surface area (Å²) >= 11 is 0. The lowest BCUT2D eigenvalue weighted by Crippen LogP contribution is -2.49. The summed E-state index contributed by atoms with van der Waals surface area (Å²) in [6, 6.07) is 15.2. The Morgan fingerprint density at radius 2 is 1.90 bits per heavy atom. The number of pyridine rings is 2. The molecule has 7 heteroatoms. The Kier molecular flexibility index (Phi) is 5.89. The SMILES string of the molecule is CN(CCc1ccccn1)[C@@H]1CCCN(S(=O)(=O)c2cccc3cccnc23)C1. The van der Waals surface area contributed by atoms with E-state index in [9.17, 15) is 8.42 Å². The molecule has 152 valence electrons. The molecule has 1 fully saturated rings. The first-order valence-electron chi connectivity index (χ1n) is 10.00. The number of rotatable bonds is 6. The Morgan fingerprint density at radius 3 is 2.72 bits per heavy atom. The Bertz CT molecular complexity index is 1070. The second-order valence-corrected chi connectivity index (χ2v) is 9.45. The van der Waals surface area contributed by atoms with Crippen LogP contribution in [0, 0.1) is 0 Å². The molecule has 3 aromatic rings. The average molecular weight is 411 g/mol. The molecule has 4 rings (SSSR count). The summed E-state index contributed by atoms with van der Waals surface area (Å²) in [5.41, 5.74) is 1.60. The highest BCUT2D eigenvalue weighted by Crippen LogP contribution is 2.27. The first-order chi connectivity index (χ1) is 14.1. The predicted molar refractivity (Wildman–Crippen MR) is 114 cm³/mol. The van der Waals surface area contributed by atoms with Gasteiger partial charge in [-0.15, -0.1) is 0 Å². The topological polar surface area (TPSA) is 66.4 Å². The van der Waals surface area contributed by atoms with Crippen LogP contribution in [0.25, 0.3) is 10.9 Å². The first kappa shape index (κ1) is 19.9. The van der Waals surface area contributed by atoms with E-state index in [0.29, 0.717) is 23.5 Å². The van der Waals surface area contributed by atoms with Crippen molar-refractivity contribution in [2.24, 2.45) is 0 Å². The number of para-hydroxylation sites is 1. The number of hydrogen-bond acceptors (Lipinski definition) is 5. The fourth-order valence-electron chi connectivity index (χ4n) is 3.94. The molecule has 0 N–H and O–H groups in total. The van der Waals surface area contributed by atoms with Gasteiger partial charge >= 0.3 is 0 Å². The normalized spacial score (nSPS) is 18.3. The number of piperidine rings is 1. The Hall–Kier alpha value is -2.35. The standard InChI is InChI=1S/C22H26N4O2S/c1-25(16-12-19-9-2-3-13-23-19)20-10-6-15-26(17-20)29(27,28)21-11-4-7-18-8-5-14-24-22(18)21/h2-5,7-9,11,13-14,20H,6,10,12,15-17H2,1H3/t20-/m1/s1. The van der Waals surface area contributed by atoms with E-state index in [1.807, 2.05) is 42.6 Å². The largest absolute Gasteiger partial charge is 0.302 e. The molecule has 2 aromatic heterocycles. The maximum absolute atomic E-state index is 13.4. The molecule has 0 unspecified atom stereocenters. The number of benzene rings is 1. The molecule has 1 aliphatic heterocycles. The van der Waals surface area contributed by atoms with Crippen LogP contribution in [0.3, 0.4) is 0 Å². The predicted octanol–water partition coefficient (Wildman–Crippen LogP) is 2.96. The van der Waals surface area contributed by atoms with Gasteiger partial charge < -0.3 is 4.90 Å². The minimum atomic E-state index is -3.59. The van der Waals surface area contributed by atoms with Crippen LogP contribution in [-0.2, 0) is 16.4 Å². The summed E-state index contributed by atoms with van der Waals surface area (Å²) in [4.78, 5) is 11.3. The molecule has 1 aromatic carbocycles. The Balaban J connectivity index is 1.50. The van der Waals surface area contributed by atoms with Gasteiger partial charge in [0.1, 0.15) is 4.90 Å². The van der Waals surface area contributed by atoms with Crippen LogP contribution >= 0.6 is 0 Å². The van der Waals surface area contributed by atoms with Gasteiger partial charge in [-0.1, -0.05) is 24.3 Å². The summed E-state index contributed by atoms with van der Waals surface area (Å²) in [5, 5.41) is 0.842. The van der Waals surface area contributed by atoms with E-state index >= 15 is 0 Å². The molecule has 1 atom stereocenters. The summed E-state index contributed by atoms with van der Waals surface area (Å²) in [6.07, 6.45) is 6.16. The van der Waals surface area contributed by atoms with Crippen molar-refractivity contribution in [3.05, 3.63) is 66.6 Å². The van der Waals surface area contributed by atoms with Gasteiger partial charge in [-0.05, 0) is 44.2 Å². The van der Waals surface area contributed by atoms with Gasteiger partial charge in [-0.2, -0.15) is 4.31 Å². The molecule has 0 amide bonds. The number of hydrogen-bond donors (Lipinski definition) is 0. The van der Waals surface area contributed by atoms with Crippen molar-refractivity contribution < 1.29 is 8.42 Å². The van der Waals surface area contributed by atoms with Crippen LogP contribution in [0.1, 0.15) is 18.5 Å². The highest BCUT2D eigenvalue weighted by atomic mass is 32.2. The molecule has 0 bridgehead atoms. The van der Waals surface area contributed by atoms with Crippen molar-refractivity contribution in [1.29, 1.82) is 0 Å². The number of aromatic nitrogens is 2. The third-order valence-corrected chi connectivity index (χ3v) is 7.54. The van der Waals surface area contributed by atoms with Crippen LogP contribution in [-0.4, -0.2) is 60.3 Å². The maximum Gasteiger partial charge on any atom is 0.245 e. The summed E-state index contributed by atoms with van der Waals surface area (Å²) in [5.74, 6) is 0. The van der Waals surface area contributed by atoms with E-state index in [0.717, 1.165) is 36.9 Å². The highest BCUT2D eigenvalue weighted by Gasteiger charge is 2.33. The lowest BCUT2D eigenvalue weighted by Gasteiger charge is -2.37. The van der Waals surface area contributed by atoms with Gasteiger partial charge in [0, 0.05) is 55.6 Å². The van der Waals surface area contributed by atoms with E-state index in [1.165, 1.54) is 0 Å². The maximum atomic E-state index is 13.4. The van der Waals surface area contributed by atoms with Crippen LogP contribution in [0.5, 0.6) is 0 Å². The van der Waals surface area contributed by atoms with Crippen LogP contribution in [0.15, 0.2) is 65.8 Å². The number of fused-ring (bicyclic) bond motifs is 1. The summed E-state index contributed by atoms with van der Waals surface area (Å²) in [7, 11) is -1.52. The van der Waals surface area contributed by atoms with E-state index in [1.54, 1.807) is 22.6 Å². The Morgan fingerprint density at radius 1 is 1.07 bits per heavy atom. The van der Waals surface area contributed by atoms with Gasteiger partial charge in [0.25, 0.3) is 0 Å². The minimum Gasteiger partial charge on any atom is -0.302 e. The zero-order chi connectivity index (χ0) is 20.3. The van der Waals surface area contributed by atoms with E-state index < -0.39 is 10.0 Å².